The molecule has 4 rings (SSSR count). The number of benzene rings is 2. The molecule has 1 fully saturated rings. The Bertz CT molecular complexity index is 845. The molecule has 1 saturated heterocycles. The number of halogens is 1. The zero-order valence-electron chi connectivity index (χ0n) is 13.2. The number of nitrogens with one attached hydrogen (secondary N) is 1. The topological polar surface area (TPSA) is 47.0 Å². The van der Waals surface area contributed by atoms with Gasteiger partial charge in [0, 0.05) is 34.5 Å². The SMILES string of the molecule is Clc1ccc(-c2nnc(NC[C@H]3CCCO3)c3ccccc23)cc1. The van der Waals surface area contributed by atoms with Gasteiger partial charge in [-0.2, -0.15) is 0 Å². The molecular formula is C19H18ClN3O. The fraction of sp³-hybridized carbons (Fsp3) is 0.263. The Morgan fingerprint density at radius 2 is 1.83 bits per heavy atom. The molecule has 3 aromatic rings. The first-order valence-electron chi connectivity index (χ1n) is 8.18. The molecule has 0 unspecified atom stereocenters. The van der Waals surface area contributed by atoms with Gasteiger partial charge in [-0.05, 0) is 25.0 Å². The summed E-state index contributed by atoms with van der Waals surface area (Å²) in [5.74, 6) is 0.804. The summed E-state index contributed by atoms with van der Waals surface area (Å²) in [6.07, 6.45) is 2.50. The third-order valence-electron chi connectivity index (χ3n) is 4.33. The van der Waals surface area contributed by atoms with Gasteiger partial charge < -0.3 is 10.1 Å². The molecule has 2 heterocycles. The summed E-state index contributed by atoms with van der Waals surface area (Å²) in [4.78, 5) is 0. The van der Waals surface area contributed by atoms with Gasteiger partial charge in [-0.15, -0.1) is 10.2 Å². The molecule has 0 amide bonds. The Hall–Kier alpha value is -2.17. The van der Waals surface area contributed by atoms with Gasteiger partial charge in [0.15, 0.2) is 5.82 Å². The number of ether oxygens (including phenoxy) is 1. The maximum Gasteiger partial charge on any atom is 0.156 e. The van der Waals surface area contributed by atoms with E-state index in [4.69, 9.17) is 16.3 Å². The zero-order valence-corrected chi connectivity index (χ0v) is 14.0. The highest BCUT2D eigenvalue weighted by atomic mass is 35.5. The van der Waals surface area contributed by atoms with Crippen LogP contribution in [0.3, 0.4) is 0 Å². The summed E-state index contributed by atoms with van der Waals surface area (Å²) in [5, 5.41) is 15.1. The number of hydrogen-bond donors (Lipinski definition) is 1. The second-order valence-corrected chi connectivity index (χ2v) is 6.40. The van der Waals surface area contributed by atoms with Crippen LogP contribution >= 0.6 is 11.6 Å². The Kier molecular flexibility index (Phi) is 4.32. The third kappa shape index (κ3) is 3.07. The molecule has 1 aliphatic heterocycles. The second kappa shape index (κ2) is 6.75. The first-order chi connectivity index (χ1) is 11.8. The summed E-state index contributed by atoms with van der Waals surface area (Å²) >= 11 is 5.99. The number of nitrogens with zero attached hydrogens (tertiary/aromatic N) is 2. The average molecular weight is 340 g/mol. The van der Waals surface area contributed by atoms with Gasteiger partial charge in [-0.3, -0.25) is 0 Å². The molecule has 1 atom stereocenters. The van der Waals surface area contributed by atoms with E-state index < -0.39 is 0 Å². The largest absolute Gasteiger partial charge is 0.376 e. The molecule has 2 aromatic carbocycles. The van der Waals surface area contributed by atoms with Crippen molar-refractivity contribution in [2.24, 2.45) is 0 Å². The fourth-order valence-electron chi connectivity index (χ4n) is 3.07. The predicted molar refractivity (Wildman–Crippen MR) is 97.4 cm³/mol. The number of anilines is 1. The van der Waals surface area contributed by atoms with Crippen LogP contribution in [0.5, 0.6) is 0 Å². The highest BCUT2D eigenvalue weighted by Gasteiger charge is 2.16. The van der Waals surface area contributed by atoms with E-state index in [2.05, 4.69) is 27.6 Å². The van der Waals surface area contributed by atoms with Gasteiger partial charge in [0.05, 0.1) is 6.10 Å². The number of rotatable bonds is 4. The Morgan fingerprint density at radius 3 is 2.58 bits per heavy atom. The molecule has 0 radical (unpaired) electrons. The molecule has 0 bridgehead atoms. The molecule has 5 heteroatoms. The molecular weight excluding hydrogens is 322 g/mol. The van der Waals surface area contributed by atoms with Gasteiger partial charge in [-0.25, -0.2) is 0 Å². The van der Waals surface area contributed by atoms with Crippen molar-refractivity contribution >= 4 is 28.2 Å². The third-order valence-corrected chi connectivity index (χ3v) is 4.58. The monoisotopic (exact) mass is 339 g/mol. The van der Waals surface area contributed by atoms with Gasteiger partial charge in [0.2, 0.25) is 0 Å². The van der Waals surface area contributed by atoms with E-state index in [1.54, 1.807) is 0 Å². The average Bonchev–Trinajstić information content (AvgIpc) is 3.14. The molecule has 24 heavy (non-hydrogen) atoms. The maximum atomic E-state index is 5.99. The number of hydrogen-bond acceptors (Lipinski definition) is 4. The van der Waals surface area contributed by atoms with Crippen molar-refractivity contribution in [2.75, 3.05) is 18.5 Å². The molecule has 0 aliphatic carbocycles. The van der Waals surface area contributed by atoms with Crippen LogP contribution in [0.1, 0.15) is 12.8 Å². The van der Waals surface area contributed by atoms with Crippen LogP contribution in [0.4, 0.5) is 5.82 Å². The minimum absolute atomic E-state index is 0.265. The summed E-state index contributed by atoms with van der Waals surface area (Å²) in [6, 6.07) is 15.9. The van der Waals surface area contributed by atoms with Crippen LogP contribution in [0.25, 0.3) is 22.0 Å². The number of fused-ring (bicyclic) bond motifs is 1. The molecule has 1 aromatic heterocycles. The highest BCUT2D eigenvalue weighted by molar-refractivity contribution is 6.30. The van der Waals surface area contributed by atoms with Crippen LogP contribution < -0.4 is 5.32 Å². The zero-order chi connectivity index (χ0) is 16.4. The van der Waals surface area contributed by atoms with E-state index in [9.17, 15) is 0 Å². The molecule has 4 nitrogen and oxygen atoms in total. The van der Waals surface area contributed by atoms with Crippen molar-refractivity contribution in [1.82, 2.24) is 10.2 Å². The highest BCUT2D eigenvalue weighted by Crippen LogP contribution is 2.30. The standard InChI is InChI=1S/C19H18ClN3O/c20-14-9-7-13(8-10-14)18-16-5-1-2-6-17(16)19(23-22-18)21-12-15-4-3-11-24-15/h1-2,5-10,15H,3-4,11-12H2,(H,21,23)/t15-/m1/s1. The van der Waals surface area contributed by atoms with E-state index in [-0.39, 0.29) is 6.10 Å². The molecule has 122 valence electrons. The summed E-state index contributed by atoms with van der Waals surface area (Å²) in [6.45, 7) is 1.62. The first-order valence-corrected chi connectivity index (χ1v) is 8.56. The molecule has 1 aliphatic rings. The first kappa shape index (κ1) is 15.4. The van der Waals surface area contributed by atoms with Crippen LogP contribution in [0.2, 0.25) is 5.02 Å². The lowest BCUT2D eigenvalue weighted by Gasteiger charge is -2.14. The minimum Gasteiger partial charge on any atom is -0.376 e. The van der Waals surface area contributed by atoms with E-state index >= 15 is 0 Å². The Labute approximate surface area is 145 Å². The lowest BCUT2D eigenvalue weighted by atomic mass is 10.0. The lowest BCUT2D eigenvalue weighted by molar-refractivity contribution is 0.120. The van der Waals surface area contributed by atoms with Crippen molar-refractivity contribution in [3.8, 4) is 11.3 Å². The van der Waals surface area contributed by atoms with Crippen LogP contribution in [0.15, 0.2) is 48.5 Å². The smallest absolute Gasteiger partial charge is 0.156 e. The van der Waals surface area contributed by atoms with E-state index in [1.165, 1.54) is 0 Å². The van der Waals surface area contributed by atoms with Crippen LogP contribution in [-0.4, -0.2) is 29.5 Å². The van der Waals surface area contributed by atoms with Crippen molar-refractivity contribution in [1.29, 1.82) is 0 Å². The predicted octanol–water partition coefficient (Wildman–Crippen LogP) is 4.54. The summed E-state index contributed by atoms with van der Waals surface area (Å²) in [7, 11) is 0. The van der Waals surface area contributed by atoms with Gasteiger partial charge in [0.1, 0.15) is 5.69 Å². The van der Waals surface area contributed by atoms with E-state index in [0.717, 1.165) is 53.8 Å². The summed E-state index contributed by atoms with van der Waals surface area (Å²) in [5.41, 5.74) is 1.87. The van der Waals surface area contributed by atoms with Gasteiger partial charge >= 0.3 is 0 Å². The van der Waals surface area contributed by atoms with Crippen molar-refractivity contribution in [3.05, 3.63) is 53.6 Å². The van der Waals surface area contributed by atoms with E-state index in [0.29, 0.717) is 5.02 Å². The Morgan fingerprint density at radius 1 is 1.04 bits per heavy atom. The Balaban J connectivity index is 1.70. The minimum atomic E-state index is 0.265. The van der Waals surface area contributed by atoms with Gasteiger partial charge in [-0.1, -0.05) is 48.0 Å². The molecule has 1 N–H and O–H groups in total. The summed E-state index contributed by atoms with van der Waals surface area (Å²) < 4.78 is 5.67. The fourth-order valence-corrected chi connectivity index (χ4v) is 3.20. The molecule has 0 spiro atoms. The second-order valence-electron chi connectivity index (χ2n) is 5.97. The lowest BCUT2D eigenvalue weighted by Crippen LogP contribution is -2.19. The van der Waals surface area contributed by atoms with Crippen LogP contribution in [0, 0.1) is 0 Å². The van der Waals surface area contributed by atoms with E-state index in [1.807, 2.05) is 36.4 Å². The quantitative estimate of drug-likeness (QED) is 0.758. The van der Waals surface area contributed by atoms with Gasteiger partial charge in [0.25, 0.3) is 0 Å². The van der Waals surface area contributed by atoms with Crippen molar-refractivity contribution < 1.29 is 4.74 Å². The normalized spacial score (nSPS) is 17.3. The van der Waals surface area contributed by atoms with Crippen LogP contribution in [-0.2, 0) is 4.74 Å². The van der Waals surface area contributed by atoms with Crippen molar-refractivity contribution in [3.63, 3.8) is 0 Å². The van der Waals surface area contributed by atoms with Crippen molar-refractivity contribution in [2.45, 2.75) is 18.9 Å². The maximum absolute atomic E-state index is 5.99. The molecule has 0 saturated carbocycles. The number of aromatic nitrogens is 2.